The molecule has 5 heteroatoms. The van der Waals surface area contributed by atoms with Crippen LogP contribution in [0.4, 0.5) is 4.79 Å². The molecule has 16 heavy (non-hydrogen) atoms. The molecule has 1 aliphatic rings. The number of likely N-dealkylation sites (tertiary alicyclic amines) is 1. The quantitative estimate of drug-likeness (QED) is 0.745. The molecule has 0 aromatic carbocycles. The highest BCUT2D eigenvalue weighted by molar-refractivity contribution is 5.72. The highest BCUT2D eigenvalue weighted by Crippen LogP contribution is 2.14. The van der Waals surface area contributed by atoms with Gasteiger partial charge in [-0.3, -0.25) is 4.84 Å². The molecule has 1 aliphatic heterocycles. The Labute approximate surface area is 97.0 Å². The Hall–Kier alpha value is -0.810. The van der Waals surface area contributed by atoms with Crippen LogP contribution >= 0.6 is 0 Å². The van der Waals surface area contributed by atoms with Crippen LogP contribution in [0.15, 0.2) is 0 Å². The van der Waals surface area contributed by atoms with Crippen LogP contribution < -0.4 is 5.48 Å². The molecular weight excluding hydrogens is 208 g/mol. The summed E-state index contributed by atoms with van der Waals surface area (Å²) in [5, 5.41) is 0. The Kier molecular flexibility index (Phi) is 6.18. The van der Waals surface area contributed by atoms with Gasteiger partial charge in [-0.15, -0.1) is 0 Å². The van der Waals surface area contributed by atoms with Crippen molar-refractivity contribution in [2.75, 3.05) is 26.8 Å². The average molecular weight is 230 g/mol. The van der Waals surface area contributed by atoms with Crippen molar-refractivity contribution in [1.29, 1.82) is 0 Å². The average Bonchev–Trinajstić information content (AvgIpc) is 2.52. The van der Waals surface area contributed by atoms with Gasteiger partial charge in [0.2, 0.25) is 0 Å². The fraction of sp³-hybridized carbons (Fsp3) is 0.909. The lowest BCUT2D eigenvalue weighted by atomic mass is 10.2. The van der Waals surface area contributed by atoms with Gasteiger partial charge in [0.15, 0.2) is 0 Å². The Morgan fingerprint density at radius 2 is 2.25 bits per heavy atom. The van der Waals surface area contributed by atoms with E-state index in [2.05, 4.69) is 17.2 Å². The summed E-state index contributed by atoms with van der Waals surface area (Å²) < 4.78 is 5.71. The van der Waals surface area contributed by atoms with Crippen molar-refractivity contribution in [2.24, 2.45) is 0 Å². The monoisotopic (exact) mass is 230 g/mol. The summed E-state index contributed by atoms with van der Waals surface area (Å²) in [5.74, 6) is 0. The van der Waals surface area contributed by atoms with Crippen molar-refractivity contribution in [3.05, 3.63) is 0 Å². The highest BCUT2D eigenvalue weighted by atomic mass is 16.6. The van der Waals surface area contributed by atoms with Crippen LogP contribution in [0.3, 0.4) is 0 Å². The standard InChI is InChI=1S/C11H22N2O3/c1-3-9-16-10-5-4-7-13(8-6-10)11(14)12-15-2/h10H,3-9H2,1-2H3,(H,12,14). The van der Waals surface area contributed by atoms with Gasteiger partial charge in [0.1, 0.15) is 0 Å². The largest absolute Gasteiger partial charge is 0.378 e. The molecule has 5 nitrogen and oxygen atoms in total. The van der Waals surface area contributed by atoms with Crippen LogP contribution in [-0.4, -0.2) is 43.8 Å². The Morgan fingerprint density at radius 3 is 2.94 bits per heavy atom. The molecule has 0 bridgehead atoms. The van der Waals surface area contributed by atoms with E-state index in [1.807, 2.05) is 0 Å². The molecule has 0 aliphatic carbocycles. The first-order valence-corrected chi connectivity index (χ1v) is 5.97. The van der Waals surface area contributed by atoms with Crippen LogP contribution in [0.25, 0.3) is 0 Å². The van der Waals surface area contributed by atoms with Crippen molar-refractivity contribution in [2.45, 2.75) is 38.7 Å². The molecule has 1 heterocycles. The van der Waals surface area contributed by atoms with E-state index in [-0.39, 0.29) is 6.03 Å². The lowest BCUT2D eigenvalue weighted by Gasteiger charge is -2.20. The topological polar surface area (TPSA) is 50.8 Å². The minimum absolute atomic E-state index is 0.154. The van der Waals surface area contributed by atoms with Crippen LogP contribution in [0, 0.1) is 0 Å². The molecule has 1 rings (SSSR count). The van der Waals surface area contributed by atoms with E-state index in [4.69, 9.17) is 4.74 Å². The maximum atomic E-state index is 11.5. The molecule has 0 saturated carbocycles. The number of nitrogens with zero attached hydrogens (tertiary/aromatic N) is 1. The second-order valence-electron chi connectivity index (χ2n) is 4.02. The minimum Gasteiger partial charge on any atom is -0.378 e. The van der Waals surface area contributed by atoms with Crippen LogP contribution in [0.5, 0.6) is 0 Å². The maximum Gasteiger partial charge on any atom is 0.341 e. The van der Waals surface area contributed by atoms with Gasteiger partial charge in [-0.2, -0.15) is 0 Å². The number of carbonyl (C=O) groups is 1. The van der Waals surface area contributed by atoms with Crippen molar-refractivity contribution >= 4 is 6.03 Å². The molecule has 0 radical (unpaired) electrons. The zero-order chi connectivity index (χ0) is 11.8. The van der Waals surface area contributed by atoms with Gasteiger partial charge in [-0.05, 0) is 25.7 Å². The number of nitrogens with one attached hydrogen (secondary N) is 1. The molecule has 0 spiro atoms. The number of hydrogen-bond acceptors (Lipinski definition) is 3. The molecule has 1 saturated heterocycles. The van der Waals surface area contributed by atoms with E-state index < -0.39 is 0 Å². The third-order valence-corrected chi connectivity index (χ3v) is 2.71. The lowest BCUT2D eigenvalue weighted by Crippen LogP contribution is -2.40. The number of hydrogen-bond donors (Lipinski definition) is 1. The van der Waals surface area contributed by atoms with Gasteiger partial charge in [0, 0.05) is 19.7 Å². The molecule has 94 valence electrons. The van der Waals surface area contributed by atoms with E-state index >= 15 is 0 Å². The maximum absolute atomic E-state index is 11.5. The summed E-state index contributed by atoms with van der Waals surface area (Å²) in [6, 6.07) is -0.154. The number of hydroxylamine groups is 1. The SMILES string of the molecule is CCCOC1CCCN(C(=O)NOC)CC1. The molecule has 1 unspecified atom stereocenters. The Bertz CT molecular complexity index is 211. The van der Waals surface area contributed by atoms with Gasteiger partial charge in [0.25, 0.3) is 0 Å². The van der Waals surface area contributed by atoms with Crippen molar-refractivity contribution in [3.8, 4) is 0 Å². The number of rotatable bonds is 4. The Morgan fingerprint density at radius 1 is 1.44 bits per heavy atom. The normalized spacial score (nSPS) is 21.6. The van der Waals surface area contributed by atoms with Crippen molar-refractivity contribution < 1.29 is 14.4 Å². The van der Waals surface area contributed by atoms with Gasteiger partial charge < -0.3 is 9.64 Å². The van der Waals surface area contributed by atoms with Crippen LogP contribution in [0.1, 0.15) is 32.6 Å². The smallest absolute Gasteiger partial charge is 0.341 e. The summed E-state index contributed by atoms with van der Waals surface area (Å²) in [6.45, 7) is 4.44. The third kappa shape index (κ3) is 4.37. The highest BCUT2D eigenvalue weighted by Gasteiger charge is 2.20. The van der Waals surface area contributed by atoms with E-state index in [0.29, 0.717) is 6.10 Å². The molecule has 2 amide bonds. The van der Waals surface area contributed by atoms with Crippen LogP contribution in [-0.2, 0) is 9.57 Å². The van der Waals surface area contributed by atoms with Gasteiger partial charge >= 0.3 is 6.03 Å². The van der Waals surface area contributed by atoms with Gasteiger partial charge in [-0.25, -0.2) is 10.3 Å². The number of urea groups is 1. The molecule has 1 fully saturated rings. The van der Waals surface area contributed by atoms with Crippen molar-refractivity contribution in [3.63, 3.8) is 0 Å². The number of ether oxygens (including phenoxy) is 1. The summed E-state index contributed by atoms with van der Waals surface area (Å²) in [5.41, 5.74) is 2.35. The summed E-state index contributed by atoms with van der Waals surface area (Å²) >= 11 is 0. The predicted molar refractivity (Wildman–Crippen MR) is 61.0 cm³/mol. The van der Waals surface area contributed by atoms with E-state index in [1.54, 1.807) is 4.90 Å². The summed E-state index contributed by atoms with van der Waals surface area (Å²) in [6.07, 6.45) is 4.30. The predicted octanol–water partition coefficient (Wildman–Crippen LogP) is 1.54. The zero-order valence-electron chi connectivity index (χ0n) is 10.2. The third-order valence-electron chi connectivity index (χ3n) is 2.71. The first-order valence-electron chi connectivity index (χ1n) is 5.97. The molecule has 0 aromatic rings. The summed E-state index contributed by atoms with van der Waals surface area (Å²) in [4.78, 5) is 17.9. The fourth-order valence-corrected chi connectivity index (χ4v) is 1.87. The molecular formula is C11H22N2O3. The van der Waals surface area contributed by atoms with E-state index in [9.17, 15) is 4.79 Å². The minimum atomic E-state index is -0.154. The molecule has 0 aromatic heterocycles. The zero-order valence-corrected chi connectivity index (χ0v) is 10.2. The van der Waals surface area contributed by atoms with E-state index in [0.717, 1.165) is 45.4 Å². The second-order valence-corrected chi connectivity index (χ2v) is 4.02. The van der Waals surface area contributed by atoms with Crippen molar-refractivity contribution in [1.82, 2.24) is 10.4 Å². The Balaban J connectivity index is 2.31. The van der Waals surface area contributed by atoms with Gasteiger partial charge in [-0.1, -0.05) is 6.92 Å². The first kappa shape index (κ1) is 13.3. The first-order chi connectivity index (χ1) is 7.77. The number of amides is 2. The summed E-state index contributed by atoms with van der Waals surface area (Å²) in [7, 11) is 1.45. The van der Waals surface area contributed by atoms with Gasteiger partial charge in [0.05, 0.1) is 13.2 Å². The molecule has 1 atom stereocenters. The van der Waals surface area contributed by atoms with Crippen LogP contribution in [0.2, 0.25) is 0 Å². The molecule has 1 N–H and O–H groups in total. The number of carbonyl (C=O) groups excluding carboxylic acids is 1. The second kappa shape index (κ2) is 7.46. The fourth-order valence-electron chi connectivity index (χ4n) is 1.87. The lowest BCUT2D eigenvalue weighted by molar-refractivity contribution is 0.0435. The van der Waals surface area contributed by atoms with E-state index in [1.165, 1.54) is 7.11 Å².